The molecule has 5 heterocycles. The number of para-hydroxylation sites is 7. The number of nitrogens with zero attached hydrogens (tertiary/aromatic N) is 6. The third kappa shape index (κ3) is 6.04. The zero-order valence-corrected chi connectivity index (χ0v) is 44.3. The van der Waals surface area contributed by atoms with Crippen molar-refractivity contribution in [3.63, 3.8) is 0 Å². The van der Waals surface area contributed by atoms with Crippen molar-refractivity contribution in [2.45, 2.75) is 0 Å². The van der Waals surface area contributed by atoms with Crippen molar-refractivity contribution in [1.29, 1.82) is 5.26 Å². The van der Waals surface area contributed by atoms with Gasteiger partial charge in [-0.15, -0.1) is 0 Å². The highest BCUT2D eigenvalue weighted by molar-refractivity contribution is 6.26. The summed E-state index contributed by atoms with van der Waals surface area (Å²) in [5.74, 6) is 0. The van der Waals surface area contributed by atoms with E-state index in [0.717, 1.165) is 120 Å². The molecule has 0 saturated carbocycles. The Morgan fingerprint density at radius 3 is 1.37 bits per heavy atom. The number of nitriles is 1. The molecule has 0 saturated heterocycles. The van der Waals surface area contributed by atoms with E-state index in [-0.39, 0.29) is 0 Å². The van der Waals surface area contributed by atoms with Crippen LogP contribution in [0.1, 0.15) is 5.56 Å². The number of aromatic nitrogens is 4. The maximum Gasteiger partial charge on any atom is 0.237 e. The summed E-state index contributed by atoms with van der Waals surface area (Å²) in [6, 6.07) is 92.8. The molecule has 5 aromatic heterocycles. The highest BCUT2D eigenvalue weighted by atomic mass is 16.3. The summed E-state index contributed by atoms with van der Waals surface area (Å²) in [7, 11) is 0. The molecule has 18 aromatic rings. The second kappa shape index (κ2) is 16.9. The fourth-order valence-electron chi connectivity index (χ4n) is 14.3. The quantitative estimate of drug-likeness (QED) is 0.127. The SMILES string of the molecule is [C-]#[N+]c1c(-n2c3ccccc3c3ccccc32)c(C#N)c(-n2c3ccccc3c3ccccc32)c(-n2c3ccc(-c4cccc5ccc6ccccc6c45)cc3c3ccc4oc5ccccc5c4c32)c1-n1c2ccccc2c2ccccc21. The Morgan fingerprint density at radius 2 is 0.807 bits per heavy atom. The van der Waals surface area contributed by atoms with Crippen LogP contribution in [0.15, 0.2) is 259 Å². The van der Waals surface area contributed by atoms with Gasteiger partial charge < -0.3 is 22.7 Å². The topological polar surface area (TPSA) is 61.0 Å². The van der Waals surface area contributed by atoms with Crippen LogP contribution in [0, 0.1) is 17.9 Å². The van der Waals surface area contributed by atoms with Gasteiger partial charge in [0.1, 0.15) is 17.2 Å². The van der Waals surface area contributed by atoms with Crippen molar-refractivity contribution in [2.75, 3.05) is 0 Å². The van der Waals surface area contributed by atoms with Crippen LogP contribution in [0.25, 0.3) is 169 Å². The Balaban J connectivity index is 1.14. The molecule has 0 N–H and O–H groups in total. The Bertz CT molecular complexity index is 5670. The van der Waals surface area contributed by atoms with E-state index in [1.807, 2.05) is 24.3 Å². The molecule has 7 heteroatoms. The molecule has 0 radical (unpaired) electrons. The normalized spacial score (nSPS) is 12.1. The van der Waals surface area contributed by atoms with E-state index >= 15 is 0 Å². The van der Waals surface area contributed by atoms with Crippen LogP contribution in [0.3, 0.4) is 0 Å². The third-order valence-electron chi connectivity index (χ3n) is 17.6. The van der Waals surface area contributed by atoms with Crippen LogP contribution in [-0.4, -0.2) is 18.3 Å². The minimum atomic E-state index is 0.331. The number of hydrogen-bond donors (Lipinski definition) is 0. The maximum absolute atomic E-state index is 12.7. The molecule has 13 aromatic carbocycles. The lowest BCUT2D eigenvalue weighted by Gasteiger charge is -2.27. The van der Waals surface area contributed by atoms with E-state index in [4.69, 9.17) is 9.26 Å². The van der Waals surface area contributed by atoms with Gasteiger partial charge in [0.05, 0.1) is 84.4 Å². The van der Waals surface area contributed by atoms with Crippen LogP contribution >= 0.6 is 0 Å². The van der Waals surface area contributed by atoms with Crippen molar-refractivity contribution in [1.82, 2.24) is 18.3 Å². The summed E-state index contributed by atoms with van der Waals surface area (Å²) in [6.45, 7) is 9.91. The number of furan rings is 1. The van der Waals surface area contributed by atoms with Gasteiger partial charge in [-0.1, -0.05) is 188 Å². The monoisotopic (exact) mass is 1050 g/mol. The van der Waals surface area contributed by atoms with Gasteiger partial charge >= 0.3 is 0 Å². The Morgan fingerprint density at radius 1 is 0.337 bits per heavy atom. The van der Waals surface area contributed by atoms with Crippen LogP contribution < -0.4 is 0 Å². The number of rotatable bonds is 5. The summed E-state index contributed by atoms with van der Waals surface area (Å²) < 4.78 is 16.1. The molecule has 0 amide bonds. The van der Waals surface area contributed by atoms with Gasteiger partial charge in [-0.25, -0.2) is 4.85 Å². The Labute approximate surface area is 473 Å². The Kier molecular flexibility index (Phi) is 9.23. The van der Waals surface area contributed by atoms with Crippen molar-refractivity contribution in [2.24, 2.45) is 0 Å². The van der Waals surface area contributed by atoms with Crippen molar-refractivity contribution in [3.05, 3.63) is 272 Å². The standard InChI is InChI=1S/C76H42N6O/c1-78-71-73(79-60-30-11-4-22-50(60)51-23-5-12-31-61(51)79)59(44-77)74(80-62-32-13-6-24-52(62)53-25-7-14-33-63(53)80)76(75(71)81-64-34-15-8-26-54(64)55-27-9-16-35-65(55)81)82-66-41-39-47(49-29-18-20-46-38-37-45-19-2-3-21-48(45)69(46)49)43-58(66)56-40-42-68-70(72(56)82)57-28-10-17-36-67(57)83-68/h2-43H. The molecule has 18 rings (SSSR count). The van der Waals surface area contributed by atoms with E-state index in [9.17, 15) is 11.8 Å². The molecular weight excluding hydrogens is 1010 g/mol. The first-order chi connectivity index (χ1) is 41.2. The van der Waals surface area contributed by atoms with Gasteiger partial charge in [-0.05, 0) is 99.4 Å². The number of hydrogen-bond acceptors (Lipinski definition) is 2. The molecule has 0 atom stereocenters. The lowest BCUT2D eigenvalue weighted by molar-refractivity contribution is 0.669. The van der Waals surface area contributed by atoms with Gasteiger partial charge in [0, 0.05) is 48.5 Å². The van der Waals surface area contributed by atoms with E-state index in [0.29, 0.717) is 34.0 Å². The third-order valence-corrected chi connectivity index (χ3v) is 17.6. The van der Waals surface area contributed by atoms with Gasteiger partial charge in [0.2, 0.25) is 5.69 Å². The highest BCUT2D eigenvalue weighted by Gasteiger charge is 2.35. The Hall–Kier alpha value is -11.6. The zero-order valence-electron chi connectivity index (χ0n) is 44.3. The highest BCUT2D eigenvalue weighted by Crippen LogP contribution is 2.53. The molecule has 0 bridgehead atoms. The predicted molar refractivity (Wildman–Crippen MR) is 343 cm³/mol. The lowest BCUT2D eigenvalue weighted by Crippen LogP contribution is -2.14. The summed E-state index contributed by atoms with van der Waals surface area (Å²) in [6.07, 6.45) is 0. The average molecular weight is 1060 g/mol. The smallest absolute Gasteiger partial charge is 0.237 e. The van der Waals surface area contributed by atoms with Crippen LogP contribution in [-0.2, 0) is 0 Å². The summed E-state index contributed by atoms with van der Waals surface area (Å²) in [5, 5.41) is 27.6. The molecule has 0 spiro atoms. The number of fused-ring (bicyclic) bond motifs is 19. The van der Waals surface area contributed by atoms with Gasteiger partial charge in [0.25, 0.3) is 0 Å². The molecule has 0 fully saturated rings. The summed E-state index contributed by atoms with van der Waals surface area (Å²) >= 11 is 0. The van der Waals surface area contributed by atoms with E-state index in [2.05, 4.69) is 255 Å². The van der Waals surface area contributed by atoms with E-state index < -0.39 is 0 Å². The first-order valence-corrected chi connectivity index (χ1v) is 27.9. The van der Waals surface area contributed by atoms with Crippen molar-refractivity contribution >= 4 is 136 Å². The van der Waals surface area contributed by atoms with Gasteiger partial charge in [-0.3, -0.25) is 0 Å². The van der Waals surface area contributed by atoms with Gasteiger partial charge in [0.15, 0.2) is 0 Å². The number of benzene rings is 13. The first kappa shape index (κ1) is 45.2. The molecule has 83 heavy (non-hydrogen) atoms. The maximum atomic E-state index is 12.7. The summed E-state index contributed by atoms with van der Waals surface area (Å²) in [5.41, 5.74) is 14.1. The minimum absolute atomic E-state index is 0.331. The molecule has 0 aliphatic rings. The molecule has 382 valence electrons. The fraction of sp³-hybridized carbons (Fsp3) is 0. The molecule has 0 unspecified atom stereocenters. The fourth-order valence-corrected chi connectivity index (χ4v) is 14.3. The molecule has 7 nitrogen and oxygen atoms in total. The second-order valence-electron chi connectivity index (χ2n) is 21.6. The van der Waals surface area contributed by atoms with Crippen molar-refractivity contribution < 1.29 is 4.42 Å². The van der Waals surface area contributed by atoms with Crippen LogP contribution in [0.5, 0.6) is 0 Å². The van der Waals surface area contributed by atoms with E-state index in [1.54, 1.807) is 0 Å². The van der Waals surface area contributed by atoms with E-state index in [1.165, 1.54) is 21.5 Å². The summed E-state index contributed by atoms with van der Waals surface area (Å²) in [4.78, 5) is 4.82. The zero-order chi connectivity index (χ0) is 54.6. The van der Waals surface area contributed by atoms with Crippen molar-refractivity contribution in [3.8, 4) is 39.9 Å². The minimum Gasteiger partial charge on any atom is -0.456 e. The van der Waals surface area contributed by atoms with Crippen LogP contribution in [0.4, 0.5) is 5.69 Å². The van der Waals surface area contributed by atoms with Gasteiger partial charge in [-0.2, -0.15) is 5.26 Å². The second-order valence-corrected chi connectivity index (χ2v) is 21.6. The lowest BCUT2D eigenvalue weighted by atomic mass is 9.93. The predicted octanol–water partition coefficient (Wildman–Crippen LogP) is 20.4. The molecule has 0 aliphatic carbocycles. The average Bonchev–Trinajstić information content (AvgIpc) is 3.04. The molecular formula is C76H42N6O. The molecule has 0 aliphatic heterocycles. The largest absolute Gasteiger partial charge is 0.456 e. The first-order valence-electron chi connectivity index (χ1n) is 27.9. The van der Waals surface area contributed by atoms with Crippen LogP contribution in [0.2, 0.25) is 0 Å².